The molecule has 3 nitrogen and oxygen atoms in total. The van der Waals surface area contributed by atoms with Gasteiger partial charge < -0.3 is 4.74 Å². The van der Waals surface area contributed by atoms with Gasteiger partial charge in [-0.25, -0.2) is 8.78 Å². The van der Waals surface area contributed by atoms with Crippen molar-refractivity contribution in [3.63, 3.8) is 0 Å². The summed E-state index contributed by atoms with van der Waals surface area (Å²) in [5.74, 6) is -2.40. The predicted octanol–water partition coefficient (Wildman–Crippen LogP) is 2.26. The largest absolute Gasteiger partial charge is 0.379 e. The molecule has 1 saturated heterocycles. The van der Waals surface area contributed by atoms with Crippen molar-refractivity contribution in [2.24, 2.45) is 0 Å². The van der Waals surface area contributed by atoms with Crippen molar-refractivity contribution < 1.29 is 18.3 Å². The highest BCUT2D eigenvalue weighted by atomic mass is 19.2. The normalized spacial score (nSPS) is 20.5. The summed E-state index contributed by atoms with van der Waals surface area (Å²) in [6.45, 7) is 4.61. The summed E-state index contributed by atoms with van der Waals surface area (Å²) in [6, 6.07) is 3.93. The molecule has 2 rings (SSSR count). The van der Waals surface area contributed by atoms with E-state index >= 15 is 0 Å². The fourth-order valence-electron chi connectivity index (χ4n) is 2.19. The second kappa shape index (κ2) is 6.21. The average Bonchev–Trinajstić information content (AvgIpc) is 2.40. The summed E-state index contributed by atoms with van der Waals surface area (Å²) in [6.07, 6.45) is 0.185. The van der Waals surface area contributed by atoms with E-state index in [-0.39, 0.29) is 23.8 Å². The van der Waals surface area contributed by atoms with Crippen molar-refractivity contribution in [1.82, 2.24) is 4.90 Å². The van der Waals surface area contributed by atoms with Crippen LogP contribution in [0.1, 0.15) is 23.7 Å². The lowest BCUT2D eigenvalue weighted by Crippen LogP contribution is -2.44. The molecule has 1 heterocycles. The molecule has 0 radical (unpaired) electrons. The van der Waals surface area contributed by atoms with Crippen molar-refractivity contribution in [2.45, 2.75) is 19.4 Å². The third-order valence-electron chi connectivity index (χ3n) is 3.38. The maximum Gasteiger partial charge on any atom is 0.169 e. The molecule has 1 atom stereocenters. The number of Topliss-reactive ketones (excluding diaryl/α,β-unsaturated/α-hetero) is 1. The lowest BCUT2D eigenvalue weighted by molar-refractivity contribution is -0.000225. The van der Waals surface area contributed by atoms with E-state index in [4.69, 9.17) is 4.74 Å². The number of benzene rings is 1. The highest BCUT2D eigenvalue weighted by Crippen LogP contribution is 2.14. The van der Waals surface area contributed by atoms with Gasteiger partial charge in [-0.3, -0.25) is 9.69 Å². The summed E-state index contributed by atoms with van der Waals surface area (Å²) in [7, 11) is 0. The number of rotatable bonds is 4. The number of hydrogen-bond donors (Lipinski definition) is 0. The molecule has 0 aromatic heterocycles. The molecule has 1 aliphatic heterocycles. The van der Waals surface area contributed by atoms with E-state index in [9.17, 15) is 13.6 Å². The maximum absolute atomic E-state index is 13.5. The van der Waals surface area contributed by atoms with E-state index in [0.29, 0.717) is 19.8 Å². The van der Waals surface area contributed by atoms with Crippen LogP contribution in [0.4, 0.5) is 8.78 Å². The number of hydrogen-bond acceptors (Lipinski definition) is 3. The van der Waals surface area contributed by atoms with Crippen LogP contribution in [0.5, 0.6) is 0 Å². The van der Waals surface area contributed by atoms with Crippen LogP contribution >= 0.6 is 0 Å². The maximum atomic E-state index is 13.5. The van der Waals surface area contributed by atoms with Crippen LogP contribution in [0.15, 0.2) is 18.2 Å². The van der Waals surface area contributed by atoms with E-state index in [1.165, 1.54) is 12.1 Å². The fraction of sp³-hybridized carbons (Fsp3) is 0.500. The van der Waals surface area contributed by atoms with Crippen molar-refractivity contribution in [1.29, 1.82) is 0 Å². The molecule has 1 unspecified atom stereocenters. The molecule has 0 spiro atoms. The number of nitrogens with zero attached hydrogens (tertiary/aromatic N) is 1. The first-order valence-corrected chi connectivity index (χ1v) is 6.38. The Morgan fingerprint density at radius 2 is 2.26 bits per heavy atom. The molecule has 0 aliphatic carbocycles. The van der Waals surface area contributed by atoms with Crippen molar-refractivity contribution in [2.75, 3.05) is 26.3 Å². The van der Waals surface area contributed by atoms with Crippen LogP contribution in [0.3, 0.4) is 0 Å². The highest BCUT2D eigenvalue weighted by molar-refractivity contribution is 5.96. The van der Waals surface area contributed by atoms with Gasteiger partial charge in [0.25, 0.3) is 0 Å². The Balaban J connectivity index is 1.95. The van der Waals surface area contributed by atoms with Gasteiger partial charge in [0.15, 0.2) is 17.4 Å². The molecule has 1 aromatic carbocycles. The minimum Gasteiger partial charge on any atom is -0.379 e. The topological polar surface area (TPSA) is 29.5 Å². The minimum absolute atomic E-state index is 0.166. The molecule has 1 fully saturated rings. The zero-order valence-corrected chi connectivity index (χ0v) is 10.9. The van der Waals surface area contributed by atoms with Crippen LogP contribution in [0.2, 0.25) is 0 Å². The Morgan fingerprint density at radius 3 is 3.00 bits per heavy atom. The standard InChI is InChI=1S/C14H17F2NO2/c1-10-9-19-8-7-17(10)6-5-13(18)11-3-2-4-12(15)14(11)16/h2-4,10H,5-9H2,1H3. The summed E-state index contributed by atoms with van der Waals surface area (Å²) in [4.78, 5) is 14.0. The Morgan fingerprint density at radius 1 is 1.47 bits per heavy atom. The van der Waals surface area contributed by atoms with Gasteiger partial charge in [-0.1, -0.05) is 6.07 Å². The molecule has 0 amide bonds. The SMILES string of the molecule is CC1COCCN1CCC(=O)c1cccc(F)c1F. The number of ketones is 1. The molecule has 5 heteroatoms. The molecule has 0 saturated carbocycles. The third-order valence-corrected chi connectivity index (χ3v) is 3.38. The van der Waals surface area contributed by atoms with Gasteiger partial charge in [0.05, 0.1) is 18.8 Å². The highest BCUT2D eigenvalue weighted by Gasteiger charge is 2.21. The first-order chi connectivity index (χ1) is 9.09. The number of morpholine rings is 1. The second-order valence-corrected chi connectivity index (χ2v) is 4.73. The fourth-order valence-corrected chi connectivity index (χ4v) is 2.19. The second-order valence-electron chi connectivity index (χ2n) is 4.73. The van der Waals surface area contributed by atoms with Gasteiger partial charge >= 0.3 is 0 Å². The molecule has 0 N–H and O–H groups in total. The lowest BCUT2D eigenvalue weighted by atomic mass is 10.1. The third kappa shape index (κ3) is 3.36. The van der Waals surface area contributed by atoms with E-state index in [1.54, 1.807) is 0 Å². The van der Waals surface area contributed by atoms with Crippen molar-refractivity contribution in [3.05, 3.63) is 35.4 Å². The van der Waals surface area contributed by atoms with Crippen LogP contribution in [0, 0.1) is 11.6 Å². The Bertz CT molecular complexity index is 465. The minimum atomic E-state index is -1.05. The quantitative estimate of drug-likeness (QED) is 0.785. The summed E-state index contributed by atoms with van der Waals surface area (Å²) in [5, 5.41) is 0. The zero-order valence-electron chi connectivity index (χ0n) is 10.9. The van der Waals surface area contributed by atoms with Gasteiger partial charge in [-0.2, -0.15) is 0 Å². The number of carbonyl (C=O) groups is 1. The molecule has 104 valence electrons. The average molecular weight is 269 g/mol. The van der Waals surface area contributed by atoms with E-state index in [1.807, 2.05) is 6.92 Å². The Labute approximate surface area is 111 Å². The Hall–Kier alpha value is -1.33. The van der Waals surface area contributed by atoms with Gasteiger partial charge in [-0.15, -0.1) is 0 Å². The molecule has 0 bridgehead atoms. The van der Waals surface area contributed by atoms with Crippen LogP contribution in [-0.2, 0) is 4.74 Å². The van der Waals surface area contributed by atoms with Gasteiger partial charge in [0, 0.05) is 25.6 Å². The van der Waals surface area contributed by atoms with Crippen LogP contribution < -0.4 is 0 Å². The van der Waals surface area contributed by atoms with Gasteiger partial charge in [0.1, 0.15) is 0 Å². The first-order valence-electron chi connectivity index (χ1n) is 6.38. The summed E-state index contributed by atoms with van der Waals surface area (Å²) >= 11 is 0. The molecular formula is C14H17F2NO2. The number of ether oxygens (including phenoxy) is 1. The van der Waals surface area contributed by atoms with Crippen LogP contribution in [-0.4, -0.2) is 43.0 Å². The zero-order chi connectivity index (χ0) is 13.8. The molecule has 1 aromatic rings. The van der Waals surface area contributed by atoms with E-state index in [0.717, 1.165) is 12.6 Å². The molecule has 1 aliphatic rings. The van der Waals surface area contributed by atoms with E-state index in [2.05, 4.69) is 4.90 Å². The predicted molar refractivity (Wildman–Crippen MR) is 67.2 cm³/mol. The Kier molecular flexibility index (Phi) is 4.61. The lowest BCUT2D eigenvalue weighted by Gasteiger charge is -2.32. The van der Waals surface area contributed by atoms with Crippen molar-refractivity contribution in [3.8, 4) is 0 Å². The number of halogens is 2. The smallest absolute Gasteiger partial charge is 0.169 e. The summed E-state index contributed by atoms with van der Waals surface area (Å²) < 4.78 is 31.8. The van der Waals surface area contributed by atoms with Crippen LogP contribution in [0.25, 0.3) is 0 Å². The molecular weight excluding hydrogens is 252 g/mol. The molecule has 19 heavy (non-hydrogen) atoms. The summed E-state index contributed by atoms with van der Waals surface area (Å²) in [5.41, 5.74) is -0.166. The first kappa shape index (κ1) is 14.1. The van der Waals surface area contributed by atoms with Gasteiger partial charge in [0.2, 0.25) is 0 Å². The van der Waals surface area contributed by atoms with Gasteiger partial charge in [-0.05, 0) is 19.1 Å². The number of carbonyl (C=O) groups excluding carboxylic acids is 1. The van der Waals surface area contributed by atoms with Crippen molar-refractivity contribution >= 4 is 5.78 Å². The van der Waals surface area contributed by atoms with E-state index < -0.39 is 11.6 Å². The monoisotopic (exact) mass is 269 g/mol.